The fourth-order valence-electron chi connectivity index (χ4n) is 3.52. The van der Waals surface area contributed by atoms with Crippen molar-refractivity contribution in [3.63, 3.8) is 0 Å². The largest absolute Gasteiger partial charge is 0.465 e. The number of aryl methyl sites for hydroxylation is 1. The lowest BCUT2D eigenvalue weighted by Crippen LogP contribution is -2.34. The van der Waals surface area contributed by atoms with Gasteiger partial charge in [-0.05, 0) is 31.0 Å². The molecule has 0 bridgehead atoms. The van der Waals surface area contributed by atoms with Gasteiger partial charge >= 0.3 is 11.9 Å². The summed E-state index contributed by atoms with van der Waals surface area (Å²) in [6.07, 6.45) is 1.98. The van der Waals surface area contributed by atoms with Crippen LogP contribution >= 0.6 is 0 Å². The van der Waals surface area contributed by atoms with Crippen molar-refractivity contribution in [3.05, 3.63) is 52.3 Å². The summed E-state index contributed by atoms with van der Waals surface area (Å²) in [6, 6.07) is 6.65. The highest BCUT2D eigenvalue weighted by Crippen LogP contribution is 2.34. The Morgan fingerprint density at radius 3 is 2.45 bits per heavy atom. The number of carbonyl (C=O) groups is 3. The summed E-state index contributed by atoms with van der Waals surface area (Å²) in [5.41, 5.74) is 3.55. The molecule has 1 aliphatic heterocycles. The molecule has 0 fully saturated rings. The van der Waals surface area contributed by atoms with Crippen molar-refractivity contribution in [2.75, 3.05) is 20.3 Å². The van der Waals surface area contributed by atoms with Crippen LogP contribution in [0, 0.1) is 0 Å². The van der Waals surface area contributed by atoms with Gasteiger partial charge in [0.15, 0.2) is 0 Å². The number of benzene rings is 1. The highest BCUT2D eigenvalue weighted by atomic mass is 16.5. The average Bonchev–Trinajstić information content (AvgIpc) is 2.73. The normalized spacial score (nSPS) is 12.7. The van der Waals surface area contributed by atoms with Crippen LogP contribution < -0.4 is 5.32 Å². The van der Waals surface area contributed by atoms with E-state index in [9.17, 15) is 14.4 Å². The van der Waals surface area contributed by atoms with E-state index >= 15 is 0 Å². The minimum absolute atomic E-state index is 0.217. The average molecular weight is 396 g/mol. The summed E-state index contributed by atoms with van der Waals surface area (Å²) in [5, 5.41) is 2.83. The van der Waals surface area contributed by atoms with Gasteiger partial charge in [0.2, 0.25) is 0 Å². The summed E-state index contributed by atoms with van der Waals surface area (Å²) in [5.74, 6) is -1.22. The zero-order valence-electron chi connectivity index (χ0n) is 16.8. The van der Waals surface area contributed by atoms with Gasteiger partial charge in [-0.2, -0.15) is 0 Å². The van der Waals surface area contributed by atoms with Gasteiger partial charge in [0, 0.05) is 18.5 Å². The Morgan fingerprint density at radius 1 is 1.10 bits per heavy atom. The summed E-state index contributed by atoms with van der Waals surface area (Å²) < 4.78 is 10.0. The second-order valence-corrected chi connectivity index (χ2v) is 6.68. The molecule has 152 valence electrons. The number of methoxy groups -OCH3 is 1. The Bertz CT molecular complexity index is 951. The van der Waals surface area contributed by atoms with Crippen LogP contribution in [0.5, 0.6) is 0 Å². The van der Waals surface area contributed by atoms with Crippen molar-refractivity contribution in [1.29, 1.82) is 0 Å². The Labute approximate surface area is 169 Å². The quantitative estimate of drug-likeness (QED) is 0.755. The molecule has 1 aromatic carbocycles. The van der Waals surface area contributed by atoms with Gasteiger partial charge in [-0.15, -0.1) is 0 Å². The van der Waals surface area contributed by atoms with Crippen LogP contribution in [0.1, 0.15) is 62.7 Å². The van der Waals surface area contributed by atoms with E-state index in [0.29, 0.717) is 58.6 Å². The van der Waals surface area contributed by atoms with Crippen molar-refractivity contribution < 1.29 is 23.9 Å². The van der Waals surface area contributed by atoms with Crippen molar-refractivity contribution in [1.82, 2.24) is 10.3 Å². The molecule has 1 aromatic heterocycles. The molecule has 1 aliphatic rings. The molecule has 0 atom stereocenters. The first-order valence-corrected chi connectivity index (χ1v) is 9.71. The summed E-state index contributed by atoms with van der Waals surface area (Å²) in [4.78, 5) is 42.0. The van der Waals surface area contributed by atoms with E-state index in [0.717, 1.165) is 6.42 Å². The molecule has 0 aliphatic carbocycles. The van der Waals surface area contributed by atoms with Crippen LogP contribution in [-0.4, -0.2) is 43.1 Å². The third kappa shape index (κ3) is 3.99. The summed E-state index contributed by atoms with van der Waals surface area (Å²) >= 11 is 0. The number of esters is 2. The van der Waals surface area contributed by atoms with Crippen LogP contribution in [0.25, 0.3) is 11.1 Å². The lowest BCUT2D eigenvalue weighted by atomic mass is 9.88. The second kappa shape index (κ2) is 8.86. The van der Waals surface area contributed by atoms with Gasteiger partial charge < -0.3 is 14.8 Å². The third-order valence-electron chi connectivity index (χ3n) is 4.78. The van der Waals surface area contributed by atoms with E-state index in [-0.39, 0.29) is 12.5 Å². The second-order valence-electron chi connectivity index (χ2n) is 6.68. The predicted octanol–water partition coefficient (Wildman–Crippen LogP) is 2.95. The zero-order valence-corrected chi connectivity index (χ0v) is 16.8. The first-order chi connectivity index (χ1) is 14.0. The molecule has 29 heavy (non-hydrogen) atoms. The number of ether oxygens (including phenoxy) is 2. The number of nitrogens with zero attached hydrogens (tertiary/aromatic N) is 1. The molecule has 7 heteroatoms. The van der Waals surface area contributed by atoms with Crippen LogP contribution in [0.2, 0.25) is 0 Å². The number of carbonyl (C=O) groups excluding carboxylic acids is 3. The van der Waals surface area contributed by atoms with Crippen LogP contribution in [-0.2, 0) is 22.3 Å². The molecule has 0 saturated heterocycles. The fraction of sp³-hybridized carbons (Fsp3) is 0.364. The van der Waals surface area contributed by atoms with Gasteiger partial charge in [0.05, 0.1) is 41.8 Å². The van der Waals surface area contributed by atoms with E-state index in [1.807, 2.05) is 6.92 Å². The minimum Gasteiger partial charge on any atom is -0.465 e. The maximum atomic E-state index is 12.9. The summed E-state index contributed by atoms with van der Waals surface area (Å²) in [6.45, 7) is 4.46. The van der Waals surface area contributed by atoms with Gasteiger partial charge in [-0.1, -0.05) is 25.5 Å². The SMILES string of the molecule is CCCc1nc2c(c(-c3ccc(C(=O)OC)cc3)c1C(=O)OCC)C(=O)NCC2. The first kappa shape index (κ1) is 20.5. The van der Waals surface area contributed by atoms with Crippen molar-refractivity contribution >= 4 is 17.8 Å². The molecule has 2 heterocycles. The Balaban J connectivity index is 2.29. The number of hydrogen-bond acceptors (Lipinski definition) is 6. The molecule has 2 aromatic rings. The maximum absolute atomic E-state index is 12.9. The standard InChI is InChI=1S/C22H24N2O5/c1-4-6-15-19(22(27)29-5-2)17(18-16(24-15)11-12-23-20(18)25)13-7-9-14(10-8-13)21(26)28-3/h7-10H,4-6,11-12H2,1-3H3,(H,23,25). The lowest BCUT2D eigenvalue weighted by molar-refractivity contribution is 0.0524. The molecular formula is C22H24N2O5. The lowest BCUT2D eigenvalue weighted by Gasteiger charge is -2.23. The number of hydrogen-bond donors (Lipinski definition) is 1. The Hall–Kier alpha value is -3.22. The molecule has 0 unspecified atom stereocenters. The molecule has 0 saturated carbocycles. The van der Waals surface area contributed by atoms with Crippen molar-refractivity contribution in [2.45, 2.75) is 33.1 Å². The van der Waals surface area contributed by atoms with E-state index < -0.39 is 11.9 Å². The molecule has 7 nitrogen and oxygen atoms in total. The molecule has 0 spiro atoms. The smallest absolute Gasteiger partial charge is 0.340 e. The Kier molecular flexibility index (Phi) is 6.26. The van der Waals surface area contributed by atoms with Crippen LogP contribution in [0.15, 0.2) is 24.3 Å². The zero-order chi connectivity index (χ0) is 21.0. The highest BCUT2D eigenvalue weighted by molar-refractivity contribution is 6.09. The number of aromatic nitrogens is 1. The number of fused-ring (bicyclic) bond motifs is 1. The van der Waals surface area contributed by atoms with Crippen molar-refractivity contribution in [3.8, 4) is 11.1 Å². The topological polar surface area (TPSA) is 94.6 Å². The predicted molar refractivity (Wildman–Crippen MR) is 107 cm³/mol. The molecular weight excluding hydrogens is 372 g/mol. The van der Waals surface area contributed by atoms with E-state index in [2.05, 4.69) is 10.3 Å². The monoisotopic (exact) mass is 396 g/mol. The molecule has 1 amide bonds. The number of rotatable bonds is 6. The van der Waals surface area contributed by atoms with E-state index in [1.54, 1.807) is 31.2 Å². The molecule has 1 N–H and O–H groups in total. The summed E-state index contributed by atoms with van der Waals surface area (Å²) in [7, 11) is 1.32. The van der Waals surface area contributed by atoms with Gasteiger partial charge in [0.1, 0.15) is 0 Å². The van der Waals surface area contributed by atoms with E-state index in [1.165, 1.54) is 7.11 Å². The molecule has 3 rings (SSSR count). The fourth-order valence-corrected chi connectivity index (χ4v) is 3.52. The highest BCUT2D eigenvalue weighted by Gasteiger charge is 2.30. The van der Waals surface area contributed by atoms with Crippen molar-refractivity contribution in [2.24, 2.45) is 0 Å². The molecule has 0 radical (unpaired) electrons. The Morgan fingerprint density at radius 2 is 1.83 bits per heavy atom. The van der Waals surface area contributed by atoms with E-state index in [4.69, 9.17) is 9.47 Å². The maximum Gasteiger partial charge on any atom is 0.340 e. The van der Waals surface area contributed by atoms with Crippen LogP contribution in [0.4, 0.5) is 0 Å². The van der Waals surface area contributed by atoms with Gasteiger partial charge in [-0.25, -0.2) is 9.59 Å². The first-order valence-electron chi connectivity index (χ1n) is 9.71. The number of amides is 1. The number of nitrogens with one attached hydrogen (secondary N) is 1. The minimum atomic E-state index is -0.503. The number of pyridine rings is 1. The third-order valence-corrected chi connectivity index (χ3v) is 4.78. The van der Waals surface area contributed by atoms with Gasteiger partial charge in [-0.3, -0.25) is 9.78 Å². The van der Waals surface area contributed by atoms with Gasteiger partial charge in [0.25, 0.3) is 5.91 Å². The van der Waals surface area contributed by atoms with Crippen LogP contribution in [0.3, 0.4) is 0 Å².